The molecule has 0 fully saturated rings. The van der Waals surface area contributed by atoms with Crippen molar-refractivity contribution in [3.8, 4) is 0 Å². The highest BCUT2D eigenvalue weighted by molar-refractivity contribution is 5.94. The van der Waals surface area contributed by atoms with Gasteiger partial charge >= 0.3 is 0 Å². The van der Waals surface area contributed by atoms with Crippen molar-refractivity contribution in [1.29, 1.82) is 0 Å². The van der Waals surface area contributed by atoms with Crippen LogP contribution in [0.25, 0.3) is 0 Å². The van der Waals surface area contributed by atoms with Crippen LogP contribution in [0.3, 0.4) is 0 Å². The number of carbonyl (C=O) groups excluding carboxylic acids is 1. The molecule has 0 saturated carbocycles. The lowest BCUT2D eigenvalue weighted by Crippen LogP contribution is -2.27. The van der Waals surface area contributed by atoms with Crippen molar-refractivity contribution < 1.29 is 4.79 Å². The van der Waals surface area contributed by atoms with Crippen LogP contribution >= 0.6 is 0 Å². The van der Waals surface area contributed by atoms with E-state index in [1.807, 2.05) is 31.2 Å². The molecule has 0 unspecified atom stereocenters. The van der Waals surface area contributed by atoms with Crippen LogP contribution in [0.1, 0.15) is 44.5 Å². The normalized spacial score (nSPS) is 11.1. The predicted molar refractivity (Wildman–Crippen MR) is 77.0 cm³/mol. The summed E-state index contributed by atoms with van der Waals surface area (Å²) in [5, 5.41) is 6.15. The molecule has 0 aliphatic rings. The van der Waals surface area contributed by atoms with Gasteiger partial charge in [0.2, 0.25) is 0 Å². The molecule has 1 rings (SSSR count). The van der Waals surface area contributed by atoms with Gasteiger partial charge in [0.1, 0.15) is 0 Å². The summed E-state index contributed by atoms with van der Waals surface area (Å²) in [6.45, 7) is 10.2. The van der Waals surface area contributed by atoms with Crippen LogP contribution < -0.4 is 10.6 Å². The monoisotopic (exact) mass is 248 g/mol. The fraction of sp³-hybridized carbons (Fsp3) is 0.533. The van der Waals surface area contributed by atoms with E-state index in [1.54, 1.807) is 0 Å². The standard InChI is InChI=1S/C15H24N2O/c1-5-16-13-8-6-12(7-9-13)14(18)17-11-10-15(2,3)4/h6-9,16H,5,10-11H2,1-4H3,(H,17,18). The first kappa shape index (κ1) is 14.6. The number of anilines is 1. The molecule has 0 spiro atoms. The molecule has 18 heavy (non-hydrogen) atoms. The molecule has 1 aromatic rings. The first-order chi connectivity index (χ1) is 8.42. The van der Waals surface area contributed by atoms with Crippen molar-refractivity contribution >= 4 is 11.6 Å². The molecule has 0 aromatic heterocycles. The summed E-state index contributed by atoms with van der Waals surface area (Å²) in [4.78, 5) is 11.9. The zero-order valence-corrected chi connectivity index (χ0v) is 11.8. The number of hydrogen-bond donors (Lipinski definition) is 2. The number of carbonyl (C=O) groups is 1. The molecule has 0 aliphatic carbocycles. The zero-order chi connectivity index (χ0) is 13.6. The van der Waals surface area contributed by atoms with Crippen molar-refractivity contribution in [3.63, 3.8) is 0 Å². The second kappa shape index (κ2) is 6.43. The van der Waals surface area contributed by atoms with Gasteiger partial charge in [-0.1, -0.05) is 20.8 Å². The first-order valence-corrected chi connectivity index (χ1v) is 6.54. The molecule has 3 nitrogen and oxygen atoms in total. The SMILES string of the molecule is CCNc1ccc(C(=O)NCCC(C)(C)C)cc1. The van der Waals surface area contributed by atoms with Crippen LogP contribution in [0, 0.1) is 5.41 Å². The summed E-state index contributed by atoms with van der Waals surface area (Å²) in [6.07, 6.45) is 0.980. The van der Waals surface area contributed by atoms with Gasteiger partial charge in [-0.05, 0) is 43.0 Å². The summed E-state index contributed by atoms with van der Waals surface area (Å²) >= 11 is 0. The number of benzene rings is 1. The van der Waals surface area contributed by atoms with E-state index in [9.17, 15) is 4.79 Å². The first-order valence-electron chi connectivity index (χ1n) is 6.54. The summed E-state index contributed by atoms with van der Waals surface area (Å²) < 4.78 is 0. The van der Waals surface area contributed by atoms with E-state index in [4.69, 9.17) is 0 Å². The third-order valence-electron chi connectivity index (χ3n) is 2.69. The Balaban J connectivity index is 2.46. The van der Waals surface area contributed by atoms with E-state index in [1.165, 1.54) is 0 Å². The van der Waals surface area contributed by atoms with Crippen LogP contribution in [-0.2, 0) is 0 Å². The number of rotatable bonds is 5. The van der Waals surface area contributed by atoms with E-state index >= 15 is 0 Å². The van der Waals surface area contributed by atoms with Gasteiger partial charge in [0.05, 0.1) is 0 Å². The third kappa shape index (κ3) is 5.21. The van der Waals surface area contributed by atoms with Gasteiger partial charge in [-0.15, -0.1) is 0 Å². The summed E-state index contributed by atoms with van der Waals surface area (Å²) in [6, 6.07) is 7.57. The molecule has 0 aliphatic heterocycles. The number of hydrogen-bond acceptors (Lipinski definition) is 2. The molecule has 3 heteroatoms. The molecule has 0 heterocycles. The summed E-state index contributed by atoms with van der Waals surface area (Å²) in [5.41, 5.74) is 2.01. The molecule has 100 valence electrons. The van der Waals surface area contributed by atoms with Crippen LogP contribution in [0.2, 0.25) is 0 Å². The Hall–Kier alpha value is -1.51. The highest BCUT2D eigenvalue weighted by Gasteiger charge is 2.11. The zero-order valence-electron chi connectivity index (χ0n) is 11.8. The minimum Gasteiger partial charge on any atom is -0.385 e. The fourth-order valence-corrected chi connectivity index (χ4v) is 1.60. The van der Waals surface area contributed by atoms with Crippen molar-refractivity contribution in [2.24, 2.45) is 5.41 Å². The van der Waals surface area contributed by atoms with E-state index < -0.39 is 0 Å². The molecule has 1 amide bonds. The Labute approximate surface area is 110 Å². The van der Waals surface area contributed by atoms with Crippen LogP contribution in [0.5, 0.6) is 0 Å². The van der Waals surface area contributed by atoms with Gasteiger partial charge in [-0.3, -0.25) is 4.79 Å². The Morgan fingerprint density at radius 1 is 1.17 bits per heavy atom. The molecule has 0 bridgehead atoms. The van der Waals surface area contributed by atoms with E-state index in [-0.39, 0.29) is 11.3 Å². The maximum atomic E-state index is 11.9. The third-order valence-corrected chi connectivity index (χ3v) is 2.69. The second-order valence-corrected chi connectivity index (χ2v) is 5.67. The number of nitrogens with one attached hydrogen (secondary N) is 2. The molecular weight excluding hydrogens is 224 g/mol. The van der Waals surface area contributed by atoms with Crippen molar-refractivity contribution in [2.75, 3.05) is 18.4 Å². The van der Waals surface area contributed by atoms with Gasteiger partial charge in [0.15, 0.2) is 0 Å². The molecule has 2 N–H and O–H groups in total. The average Bonchev–Trinajstić information content (AvgIpc) is 2.28. The van der Waals surface area contributed by atoms with Gasteiger partial charge in [-0.25, -0.2) is 0 Å². The Kier molecular flexibility index (Phi) is 5.20. The van der Waals surface area contributed by atoms with Crippen molar-refractivity contribution in [2.45, 2.75) is 34.1 Å². The minimum atomic E-state index is 0.00213. The van der Waals surface area contributed by atoms with Crippen LogP contribution in [-0.4, -0.2) is 19.0 Å². The topological polar surface area (TPSA) is 41.1 Å². The van der Waals surface area contributed by atoms with Crippen molar-refractivity contribution in [3.05, 3.63) is 29.8 Å². The lowest BCUT2D eigenvalue weighted by Gasteiger charge is -2.18. The van der Waals surface area contributed by atoms with Gasteiger partial charge in [0, 0.05) is 24.3 Å². The Morgan fingerprint density at radius 2 is 1.78 bits per heavy atom. The molecule has 0 atom stereocenters. The van der Waals surface area contributed by atoms with Crippen LogP contribution in [0.4, 0.5) is 5.69 Å². The predicted octanol–water partition coefficient (Wildman–Crippen LogP) is 3.28. The van der Waals surface area contributed by atoms with Gasteiger partial charge in [-0.2, -0.15) is 0 Å². The maximum Gasteiger partial charge on any atom is 0.251 e. The molecular formula is C15H24N2O. The molecule has 1 aromatic carbocycles. The highest BCUT2D eigenvalue weighted by Crippen LogP contribution is 2.17. The van der Waals surface area contributed by atoms with Gasteiger partial charge in [0.25, 0.3) is 5.91 Å². The van der Waals surface area contributed by atoms with E-state index in [2.05, 4.69) is 31.4 Å². The number of amides is 1. The van der Waals surface area contributed by atoms with E-state index in [0.717, 1.165) is 25.2 Å². The highest BCUT2D eigenvalue weighted by atomic mass is 16.1. The smallest absolute Gasteiger partial charge is 0.251 e. The lowest BCUT2D eigenvalue weighted by atomic mass is 9.92. The largest absolute Gasteiger partial charge is 0.385 e. The molecule has 0 saturated heterocycles. The van der Waals surface area contributed by atoms with Crippen LogP contribution in [0.15, 0.2) is 24.3 Å². The Morgan fingerprint density at radius 3 is 2.28 bits per heavy atom. The minimum absolute atomic E-state index is 0.00213. The lowest BCUT2D eigenvalue weighted by molar-refractivity contribution is 0.0949. The second-order valence-electron chi connectivity index (χ2n) is 5.67. The quantitative estimate of drug-likeness (QED) is 0.839. The maximum absolute atomic E-state index is 11.9. The van der Waals surface area contributed by atoms with E-state index in [0.29, 0.717) is 5.56 Å². The Bertz CT molecular complexity index is 376. The fourth-order valence-electron chi connectivity index (χ4n) is 1.60. The summed E-state index contributed by atoms with van der Waals surface area (Å²) in [5.74, 6) is 0.00213. The average molecular weight is 248 g/mol. The van der Waals surface area contributed by atoms with Gasteiger partial charge < -0.3 is 10.6 Å². The summed E-state index contributed by atoms with van der Waals surface area (Å²) in [7, 11) is 0. The molecule has 0 radical (unpaired) electrons. The van der Waals surface area contributed by atoms with Crippen molar-refractivity contribution in [1.82, 2.24) is 5.32 Å².